The van der Waals surface area contributed by atoms with Crippen molar-refractivity contribution in [3.05, 3.63) is 42.0 Å². The van der Waals surface area contributed by atoms with Gasteiger partial charge in [0.2, 0.25) is 0 Å². The SMILES string of the molecule is CCn1cc(Cn2ccc(C(C)N)c2)cn1. The third kappa shape index (κ3) is 2.33. The van der Waals surface area contributed by atoms with Gasteiger partial charge in [0.15, 0.2) is 0 Å². The summed E-state index contributed by atoms with van der Waals surface area (Å²) >= 11 is 0. The van der Waals surface area contributed by atoms with Gasteiger partial charge in [0.25, 0.3) is 0 Å². The van der Waals surface area contributed by atoms with Crippen LogP contribution >= 0.6 is 0 Å². The zero-order valence-corrected chi connectivity index (χ0v) is 9.80. The molecule has 0 spiro atoms. The molecule has 0 saturated heterocycles. The van der Waals surface area contributed by atoms with Crippen molar-refractivity contribution in [1.82, 2.24) is 14.3 Å². The Bertz CT molecular complexity index is 453. The summed E-state index contributed by atoms with van der Waals surface area (Å²) in [6.07, 6.45) is 8.14. The standard InChI is InChI=1S/C12H18N4/c1-3-16-8-11(6-14-16)7-15-5-4-12(9-15)10(2)13/h4-6,8-10H,3,7,13H2,1-2H3. The Morgan fingerprint density at radius 1 is 1.44 bits per heavy atom. The Morgan fingerprint density at radius 3 is 2.81 bits per heavy atom. The van der Waals surface area contributed by atoms with E-state index in [1.165, 1.54) is 11.1 Å². The van der Waals surface area contributed by atoms with E-state index < -0.39 is 0 Å². The molecule has 4 heteroatoms. The normalized spacial score (nSPS) is 12.9. The van der Waals surface area contributed by atoms with Gasteiger partial charge in [0.05, 0.1) is 12.7 Å². The van der Waals surface area contributed by atoms with Crippen LogP contribution in [0.2, 0.25) is 0 Å². The van der Waals surface area contributed by atoms with Gasteiger partial charge in [-0.25, -0.2) is 0 Å². The summed E-state index contributed by atoms with van der Waals surface area (Å²) in [5.74, 6) is 0. The summed E-state index contributed by atoms with van der Waals surface area (Å²) in [7, 11) is 0. The van der Waals surface area contributed by atoms with Crippen molar-refractivity contribution < 1.29 is 0 Å². The summed E-state index contributed by atoms with van der Waals surface area (Å²) in [5.41, 5.74) is 8.20. The lowest BCUT2D eigenvalue weighted by Crippen LogP contribution is -2.03. The highest BCUT2D eigenvalue weighted by Crippen LogP contribution is 2.11. The van der Waals surface area contributed by atoms with Crippen molar-refractivity contribution in [2.75, 3.05) is 0 Å². The highest BCUT2D eigenvalue weighted by atomic mass is 15.3. The van der Waals surface area contributed by atoms with E-state index >= 15 is 0 Å². The average Bonchev–Trinajstić information content (AvgIpc) is 2.87. The molecule has 16 heavy (non-hydrogen) atoms. The molecule has 2 aromatic heterocycles. The molecule has 0 radical (unpaired) electrons. The highest BCUT2D eigenvalue weighted by Gasteiger charge is 2.03. The maximum atomic E-state index is 5.82. The van der Waals surface area contributed by atoms with Gasteiger partial charge in [-0.3, -0.25) is 4.68 Å². The first kappa shape index (κ1) is 11.0. The van der Waals surface area contributed by atoms with Gasteiger partial charge in [-0.05, 0) is 25.5 Å². The zero-order chi connectivity index (χ0) is 11.5. The molecule has 0 amide bonds. The van der Waals surface area contributed by atoms with Crippen molar-refractivity contribution in [2.24, 2.45) is 5.73 Å². The van der Waals surface area contributed by atoms with Crippen molar-refractivity contribution in [2.45, 2.75) is 33.0 Å². The minimum atomic E-state index is 0.0969. The van der Waals surface area contributed by atoms with Crippen LogP contribution in [0, 0.1) is 0 Å². The minimum Gasteiger partial charge on any atom is -0.349 e. The summed E-state index contributed by atoms with van der Waals surface area (Å²) < 4.78 is 4.07. The summed E-state index contributed by atoms with van der Waals surface area (Å²) in [5, 5.41) is 4.25. The minimum absolute atomic E-state index is 0.0969. The summed E-state index contributed by atoms with van der Waals surface area (Å²) in [6.45, 7) is 5.85. The molecule has 0 saturated carbocycles. The van der Waals surface area contributed by atoms with Gasteiger partial charge < -0.3 is 10.3 Å². The van der Waals surface area contributed by atoms with Crippen LogP contribution in [0.1, 0.15) is 31.0 Å². The molecule has 0 bridgehead atoms. The van der Waals surface area contributed by atoms with Crippen LogP contribution in [-0.2, 0) is 13.1 Å². The van der Waals surface area contributed by atoms with Crippen molar-refractivity contribution in [1.29, 1.82) is 0 Å². The second-order valence-electron chi connectivity index (χ2n) is 4.11. The maximum absolute atomic E-state index is 5.82. The van der Waals surface area contributed by atoms with Crippen molar-refractivity contribution in [3.63, 3.8) is 0 Å². The van der Waals surface area contributed by atoms with E-state index in [2.05, 4.69) is 41.2 Å². The highest BCUT2D eigenvalue weighted by molar-refractivity contribution is 5.16. The second kappa shape index (κ2) is 4.53. The second-order valence-corrected chi connectivity index (χ2v) is 4.11. The molecular weight excluding hydrogens is 200 g/mol. The third-order valence-corrected chi connectivity index (χ3v) is 2.68. The average molecular weight is 218 g/mol. The van der Waals surface area contributed by atoms with Crippen LogP contribution in [0.15, 0.2) is 30.9 Å². The molecule has 0 fully saturated rings. The van der Waals surface area contributed by atoms with E-state index in [4.69, 9.17) is 5.73 Å². The van der Waals surface area contributed by atoms with Crippen molar-refractivity contribution in [3.8, 4) is 0 Å². The quantitative estimate of drug-likeness (QED) is 0.850. The Morgan fingerprint density at radius 2 is 2.25 bits per heavy atom. The van der Waals surface area contributed by atoms with Crippen molar-refractivity contribution >= 4 is 0 Å². The molecule has 1 atom stereocenters. The van der Waals surface area contributed by atoms with E-state index in [1.54, 1.807) is 0 Å². The number of rotatable bonds is 4. The number of aryl methyl sites for hydroxylation is 1. The van der Waals surface area contributed by atoms with Gasteiger partial charge in [0, 0.05) is 36.7 Å². The number of nitrogens with two attached hydrogens (primary N) is 1. The van der Waals surface area contributed by atoms with E-state index in [-0.39, 0.29) is 6.04 Å². The first-order valence-electron chi connectivity index (χ1n) is 5.61. The van der Waals surface area contributed by atoms with Gasteiger partial charge in [0.1, 0.15) is 0 Å². The van der Waals surface area contributed by atoms with E-state index in [0.717, 1.165) is 13.1 Å². The fraction of sp³-hybridized carbons (Fsp3) is 0.417. The number of nitrogens with zero attached hydrogens (tertiary/aromatic N) is 3. The van der Waals surface area contributed by atoms with Crippen LogP contribution in [0.4, 0.5) is 0 Å². The van der Waals surface area contributed by atoms with Gasteiger partial charge in [-0.1, -0.05) is 0 Å². The van der Waals surface area contributed by atoms with E-state index in [0.29, 0.717) is 0 Å². The zero-order valence-electron chi connectivity index (χ0n) is 9.80. The maximum Gasteiger partial charge on any atom is 0.0539 e. The third-order valence-electron chi connectivity index (χ3n) is 2.68. The van der Waals surface area contributed by atoms with Crippen LogP contribution < -0.4 is 5.73 Å². The molecule has 4 nitrogen and oxygen atoms in total. The van der Waals surface area contributed by atoms with Gasteiger partial charge in [-0.2, -0.15) is 5.10 Å². The molecule has 2 heterocycles. The molecule has 0 aliphatic carbocycles. The van der Waals surface area contributed by atoms with Crippen LogP contribution in [0.5, 0.6) is 0 Å². The molecule has 86 valence electrons. The van der Waals surface area contributed by atoms with Crippen LogP contribution in [-0.4, -0.2) is 14.3 Å². The predicted octanol–water partition coefficient (Wildman–Crippen LogP) is 1.77. The molecule has 0 aromatic carbocycles. The number of hydrogen-bond acceptors (Lipinski definition) is 2. The molecule has 1 unspecified atom stereocenters. The Labute approximate surface area is 95.7 Å². The molecule has 2 N–H and O–H groups in total. The van der Waals surface area contributed by atoms with Gasteiger partial charge in [-0.15, -0.1) is 0 Å². The largest absolute Gasteiger partial charge is 0.349 e. The lowest BCUT2D eigenvalue weighted by atomic mass is 10.2. The first-order chi connectivity index (χ1) is 7.69. The lowest BCUT2D eigenvalue weighted by molar-refractivity contribution is 0.658. The summed E-state index contributed by atoms with van der Waals surface area (Å²) in [6, 6.07) is 2.16. The Kier molecular flexibility index (Phi) is 3.10. The fourth-order valence-corrected chi connectivity index (χ4v) is 1.70. The molecule has 0 aliphatic rings. The Hall–Kier alpha value is -1.55. The van der Waals surface area contributed by atoms with E-state index in [1.807, 2.05) is 17.8 Å². The van der Waals surface area contributed by atoms with Gasteiger partial charge >= 0.3 is 0 Å². The predicted molar refractivity (Wildman–Crippen MR) is 64.0 cm³/mol. The molecule has 2 rings (SSSR count). The molecule has 2 aromatic rings. The van der Waals surface area contributed by atoms with Crippen LogP contribution in [0.3, 0.4) is 0 Å². The topological polar surface area (TPSA) is 48.8 Å². The monoisotopic (exact) mass is 218 g/mol. The molecular formula is C12H18N4. The first-order valence-corrected chi connectivity index (χ1v) is 5.61. The molecule has 0 aliphatic heterocycles. The Balaban J connectivity index is 2.08. The smallest absolute Gasteiger partial charge is 0.0539 e. The van der Waals surface area contributed by atoms with E-state index in [9.17, 15) is 0 Å². The fourth-order valence-electron chi connectivity index (χ4n) is 1.70. The lowest BCUT2D eigenvalue weighted by Gasteiger charge is -2.01. The number of aromatic nitrogens is 3. The van der Waals surface area contributed by atoms with Crippen LogP contribution in [0.25, 0.3) is 0 Å². The summed E-state index contributed by atoms with van der Waals surface area (Å²) in [4.78, 5) is 0. The number of hydrogen-bond donors (Lipinski definition) is 1.